The number of pyridine rings is 1. The number of hydrogen-bond donors (Lipinski definition) is 0. The van der Waals surface area contributed by atoms with Crippen molar-refractivity contribution in [1.29, 1.82) is 0 Å². The SMILES string of the molecule is COc1cc(OC)nc(OC(Cc2ccnc3ccccc23)c2ccc(C(C)(C)C)cc2)n1. The maximum absolute atomic E-state index is 6.36. The summed E-state index contributed by atoms with van der Waals surface area (Å²) < 4.78 is 16.9. The van der Waals surface area contributed by atoms with E-state index in [0.717, 1.165) is 22.0 Å². The minimum Gasteiger partial charge on any atom is -0.481 e. The summed E-state index contributed by atoms with van der Waals surface area (Å²) in [4.78, 5) is 13.2. The Morgan fingerprint density at radius 1 is 0.848 bits per heavy atom. The van der Waals surface area contributed by atoms with Crippen LogP contribution in [0, 0.1) is 0 Å². The van der Waals surface area contributed by atoms with Crippen LogP contribution < -0.4 is 14.2 Å². The highest BCUT2D eigenvalue weighted by atomic mass is 16.5. The number of rotatable bonds is 7. The number of benzene rings is 2. The zero-order valence-electron chi connectivity index (χ0n) is 19.7. The number of aromatic nitrogens is 3. The molecular weight excluding hydrogens is 414 g/mol. The van der Waals surface area contributed by atoms with E-state index in [0.29, 0.717) is 18.2 Å². The Balaban J connectivity index is 1.73. The molecule has 0 bridgehead atoms. The van der Waals surface area contributed by atoms with Crippen molar-refractivity contribution in [2.45, 2.75) is 38.7 Å². The molecule has 0 aliphatic carbocycles. The van der Waals surface area contributed by atoms with Crippen LogP contribution in [0.1, 0.15) is 43.6 Å². The monoisotopic (exact) mass is 443 g/mol. The summed E-state index contributed by atoms with van der Waals surface area (Å²) >= 11 is 0. The van der Waals surface area contributed by atoms with E-state index in [2.05, 4.69) is 66.1 Å². The standard InChI is InChI=1S/C27H29N3O3/c1-27(2,3)20-12-10-18(11-13-20)23(33-26-29-24(31-4)17-25(30-26)32-5)16-19-14-15-28-22-9-7-6-8-21(19)22/h6-15,17,23H,16H2,1-5H3. The second-order valence-corrected chi connectivity index (χ2v) is 8.91. The minimum absolute atomic E-state index is 0.0689. The molecule has 2 aromatic heterocycles. The molecular formula is C27H29N3O3. The van der Waals surface area contributed by atoms with Crippen molar-refractivity contribution in [3.63, 3.8) is 0 Å². The van der Waals surface area contributed by atoms with Crippen LogP contribution in [0.5, 0.6) is 17.8 Å². The zero-order valence-corrected chi connectivity index (χ0v) is 19.7. The van der Waals surface area contributed by atoms with Crippen LogP contribution in [-0.2, 0) is 11.8 Å². The van der Waals surface area contributed by atoms with Crippen LogP contribution in [0.2, 0.25) is 0 Å². The van der Waals surface area contributed by atoms with Crippen molar-refractivity contribution in [2.75, 3.05) is 14.2 Å². The maximum atomic E-state index is 6.36. The first-order valence-corrected chi connectivity index (χ1v) is 10.9. The van der Waals surface area contributed by atoms with E-state index < -0.39 is 0 Å². The third-order valence-electron chi connectivity index (χ3n) is 5.62. The number of hydrogen-bond acceptors (Lipinski definition) is 6. The zero-order chi connectivity index (χ0) is 23.4. The topological polar surface area (TPSA) is 66.4 Å². The molecule has 0 fully saturated rings. The Bertz CT molecular complexity index is 1210. The van der Waals surface area contributed by atoms with Gasteiger partial charge in [0.2, 0.25) is 11.8 Å². The smallest absolute Gasteiger partial charge is 0.323 e. The van der Waals surface area contributed by atoms with Gasteiger partial charge in [-0.15, -0.1) is 0 Å². The molecule has 0 aliphatic heterocycles. The van der Waals surface area contributed by atoms with Crippen LogP contribution >= 0.6 is 0 Å². The van der Waals surface area contributed by atoms with E-state index in [1.165, 1.54) is 5.56 Å². The first-order valence-electron chi connectivity index (χ1n) is 10.9. The average Bonchev–Trinajstić information content (AvgIpc) is 2.83. The van der Waals surface area contributed by atoms with E-state index in [-0.39, 0.29) is 17.5 Å². The maximum Gasteiger partial charge on any atom is 0.323 e. The summed E-state index contributed by atoms with van der Waals surface area (Å²) in [6, 6.07) is 20.5. The Hall–Kier alpha value is -3.67. The van der Waals surface area contributed by atoms with Gasteiger partial charge in [0.1, 0.15) is 6.10 Å². The molecule has 0 spiro atoms. The summed E-state index contributed by atoms with van der Waals surface area (Å²) in [5.41, 5.74) is 4.46. The molecule has 0 aliphatic rings. The highest BCUT2D eigenvalue weighted by molar-refractivity contribution is 5.81. The summed E-state index contributed by atoms with van der Waals surface area (Å²) in [5.74, 6) is 0.765. The lowest BCUT2D eigenvalue weighted by atomic mass is 9.86. The van der Waals surface area contributed by atoms with Gasteiger partial charge in [0, 0.05) is 18.0 Å². The van der Waals surface area contributed by atoms with Crippen LogP contribution in [0.3, 0.4) is 0 Å². The number of nitrogens with zero attached hydrogens (tertiary/aromatic N) is 3. The van der Waals surface area contributed by atoms with Gasteiger partial charge in [-0.25, -0.2) is 0 Å². The first kappa shape index (κ1) is 22.5. The molecule has 4 aromatic rings. The van der Waals surface area contributed by atoms with Gasteiger partial charge in [-0.1, -0.05) is 63.2 Å². The third kappa shape index (κ3) is 5.22. The highest BCUT2D eigenvalue weighted by Crippen LogP contribution is 2.30. The quantitative estimate of drug-likeness (QED) is 0.365. The van der Waals surface area contributed by atoms with Gasteiger partial charge >= 0.3 is 6.01 Å². The molecule has 170 valence electrons. The van der Waals surface area contributed by atoms with E-state index in [4.69, 9.17) is 14.2 Å². The van der Waals surface area contributed by atoms with Crippen molar-refractivity contribution >= 4 is 10.9 Å². The molecule has 0 N–H and O–H groups in total. The Morgan fingerprint density at radius 3 is 2.15 bits per heavy atom. The first-order chi connectivity index (χ1) is 15.9. The van der Waals surface area contributed by atoms with Gasteiger partial charge < -0.3 is 14.2 Å². The third-order valence-corrected chi connectivity index (χ3v) is 5.62. The van der Waals surface area contributed by atoms with Gasteiger partial charge in [0.05, 0.1) is 25.8 Å². The van der Waals surface area contributed by atoms with Gasteiger partial charge in [-0.3, -0.25) is 4.98 Å². The van der Waals surface area contributed by atoms with Crippen molar-refractivity contribution in [1.82, 2.24) is 15.0 Å². The molecule has 6 heteroatoms. The van der Waals surface area contributed by atoms with E-state index in [1.807, 2.05) is 30.5 Å². The lowest BCUT2D eigenvalue weighted by Crippen LogP contribution is -2.15. The van der Waals surface area contributed by atoms with E-state index >= 15 is 0 Å². The Labute approximate surface area is 194 Å². The molecule has 33 heavy (non-hydrogen) atoms. The predicted octanol–water partition coefficient (Wildman–Crippen LogP) is 5.70. The number of fused-ring (bicyclic) bond motifs is 1. The summed E-state index contributed by atoms with van der Waals surface area (Å²) in [7, 11) is 3.11. The minimum atomic E-state index is -0.318. The van der Waals surface area contributed by atoms with Crippen LogP contribution in [0.15, 0.2) is 66.9 Å². The van der Waals surface area contributed by atoms with Crippen LogP contribution in [0.25, 0.3) is 10.9 Å². The predicted molar refractivity (Wildman–Crippen MR) is 129 cm³/mol. The summed E-state index contributed by atoms with van der Waals surface area (Å²) in [6.07, 6.45) is 2.14. The van der Waals surface area contributed by atoms with Gasteiger partial charge in [0.15, 0.2) is 0 Å². The number of para-hydroxylation sites is 1. The Morgan fingerprint density at radius 2 is 1.52 bits per heavy atom. The summed E-state index contributed by atoms with van der Waals surface area (Å²) in [6.45, 7) is 6.61. The van der Waals surface area contributed by atoms with Crippen LogP contribution in [-0.4, -0.2) is 29.2 Å². The number of ether oxygens (including phenoxy) is 3. The van der Waals surface area contributed by atoms with Gasteiger partial charge in [-0.2, -0.15) is 9.97 Å². The molecule has 2 aromatic carbocycles. The average molecular weight is 444 g/mol. The van der Waals surface area contributed by atoms with E-state index in [9.17, 15) is 0 Å². The molecule has 2 heterocycles. The molecule has 1 unspecified atom stereocenters. The molecule has 4 rings (SSSR count). The fourth-order valence-corrected chi connectivity index (χ4v) is 3.73. The highest BCUT2D eigenvalue weighted by Gasteiger charge is 2.20. The molecule has 0 saturated heterocycles. The lowest BCUT2D eigenvalue weighted by molar-refractivity contribution is 0.183. The second-order valence-electron chi connectivity index (χ2n) is 8.91. The number of methoxy groups -OCH3 is 2. The molecule has 6 nitrogen and oxygen atoms in total. The lowest BCUT2D eigenvalue weighted by Gasteiger charge is -2.22. The second kappa shape index (κ2) is 9.45. The summed E-state index contributed by atoms with van der Waals surface area (Å²) in [5, 5.41) is 1.10. The fourth-order valence-electron chi connectivity index (χ4n) is 3.73. The fraction of sp³-hybridized carbons (Fsp3) is 0.296. The molecule has 0 saturated carbocycles. The van der Waals surface area contributed by atoms with E-state index in [1.54, 1.807) is 20.3 Å². The van der Waals surface area contributed by atoms with Crippen LogP contribution in [0.4, 0.5) is 0 Å². The Kier molecular flexibility index (Phi) is 6.45. The van der Waals surface area contributed by atoms with Crippen molar-refractivity contribution in [3.05, 3.63) is 83.6 Å². The molecule has 0 radical (unpaired) electrons. The van der Waals surface area contributed by atoms with Gasteiger partial charge in [-0.05, 0) is 34.2 Å². The molecule has 1 atom stereocenters. The van der Waals surface area contributed by atoms with Gasteiger partial charge in [0.25, 0.3) is 0 Å². The normalized spacial score (nSPS) is 12.4. The molecule has 0 amide bonds. The van der Waals surface area contributed by atoms with Crippen molar-refractivity contribution in [3.8, 4) is 17.8 Å². The largest absolute Gasteiger partial charge is 0.481 e. The van der Waals surface area contributed by atoms with Crippen molar-refractivity contribution < 1.29 is 14.2 Å². The van der Waals surface area contributed by atoms with Crippen molar-refractivity contribution in [2.24, 2.45) is 0 Å².